The molecule has 1 unspecified atom stereocenters. The van der Waals surface area contributed by atoms with Gasteiger partial charge in [0, 0.05) is 13.3 Å². The number of nitrogens with one attached hydrogen (secondary N) is 1. The van der Waals surface area contributed by atoms with E-state index < -0.39 is 26.4 Å². The molecule has 2 aromatic rings. The summed E-state index contributed by atoms with van der Waals surface area (Å²) in [6.07, 6.45) is 1.22. The predicted molar refractivity (Wildman–Crippen MR) is 82.2 cm³/mol. The van der Waals surface area contributed by atoms with Crippen LogP contribution in [-0.4, -0.2) is 31.0 Å². The van der Waals surface area contributed by atoms with Crippen LogP contribution in [0.3, 0.4) is 0 Å². The van der Waals surface area contributed by atoms with Crippen LogP contribution in [0.2, 0.25) is 0 Å². The Morgan fingerprint density at radius 3 is 2.48 bits per heavy atom. The lowest BCUT2D eigenvalue weighted by Crippen LogP contribution is -2.43. The first-order chi connectivity index (χ1) is 9.59. The molecule has 0 aliphatic heterocycles. The summed E-state index contributed by atoms with van der Waals surface area (Å²) in [5.41, 5.74) is 1.88. The van der Waals surface area contributed by atoms with Crippen molar-refractivity contribution in [3.05, 3.63) is 34.3 Å². The molecule has 0 spiro atoms. The molecule has 0 saturated heterocycles. The van der Waals surface area contributed by atoms with Gasteiger partial charge in [0.25, 0.3) is 0 Å². The van der Waals surface area contributed by atoms with Crippen molar-refractivity contribution in [2.75, 3.05) is 13.3 Å². The Morgan fingerprint density at radius 2 is 1.95 bits per heavy atom. The second kappa shape index (κ2) is 4.99. The molecule has 0 aliphatic carbocycles. The molecular formula is C14H20N2O4S. The first kappa shape index (κ1) is 15.8. The van der Waals surface area contributed by atoms with E-state index in [1.165, 1.54) is 10.8 Å². The number of oxazole rings is 1. The monoisotopic (exact) mass is 312 g/mol. The molecule has 116 valence electrons. The topological polar surface area (TPSA) is 81.3 Å². The largest absolute Gasteiger partial charge is 0.419 e. The van der Waals surface area contributed by atoms with Crippen LogP contribution in [-0.2, 0) is 16.9 Å². The third-order valence-corrected chi connectivity index (χ3v) is 6.24. The maximum atomic E-state index is 12.0. The van der Waals surface area contributed by atoms with Crippen molar-refractivity contribution in [3.8, 4) is 0 Å². The van der Waals surface area contributed by atoms with Crippen molar-refractivity contribution in [2.24, 2.45) is 7.05 Å². The van der Waals surface area contributed by atoms with E-state index in [1.807, 2.05) is 6.07 Å². The van der Waals surface area contributed by atoms with Crippen LogP contribution in [0.1, 0.15) is 25.5 Å². The molecule has 0 fully saturated rings. The zero-order valence-electron chi connectivity index (χ0n) is 12.8. The quantitative estimate of drug-likeness (QED) is 0.918. The summed E-state index contributed by atoms with van der Waals surface area (Å²) in [5, 5.41) is 3.05. The second-order valence-corrected chi connectivity index (χ2v) is 8.35. The van der Waals surface area contributed by atoms with Crippen molar-refractivity contribution in [3.63, 3.8) is 0 Å². The molecular weight excluding hydrogens is 292 g/mol. The third-order valence-electron chi connectivity index (χ3n) is 4.09. The highest BCUT2D eigenvalue weighted by molar-refractivity contribution is 7.92. The molecule has 2 rings (SSSR count). The average Bonchev–Trinajstić information content (AvgIpc) is 2.64. The first-order valence-electron chi connectivity index (χ1n) is 6.56. The van der Waals surface area contributed by atoms with Crippen LogP contribution < -0.4 is 11.1 Å². The second-order valence-electron chi connectivity index (χ2n) is 5.75. The van der Waals surface area contributed by atoms with Gasteiger partial charge in [0.2, 0.25) is 0 Å². The fourth-order valence-electron chi connectivity index (χ4n) is 2.46. The molecule has 1 aromatic carbocycles. The van der Waals surface area contributed by atoms with E-state index in [-0.39, 0.29) is 0 Å². The van der Waals surface area contributed by atoms with Crippen molar-refractivity contribution in [2.45, 2.75) is 24.6 Å². The number of sulfone groups is 1. The number of aryl methyl sites for hydroxylation is 1. The lowest BCUT2D eigenvalue weighted by molar-refractivity contribution is 0.445. The average molecular weight is 312 g/mol. The van der Waals surface area contributed by atoms with Gasteiger partial charge in [0.05, 0.1) is 16.3 Å². The van der Waals surface area contributed by atoms with Gasteiger partial charge in [-0.05, 0) is 38.6 Å². The Morgan fingerprint density at radius 1 is 1.33 bits per heavy atom. The third kappa shape index (κ3) is 2.51. The number of nitrogens with zero attached hydrogens (tertiary/aromatic N) is 1. The normalized spacial score (nSPS) is 14.5. The number of hydrogen-bond donors (Lipinski definition) is 1. The van der Waals surface area contributed by atoms with E-state index in [0.717, 1.165) is 5.56 Å². The maximum absolute atomic E-state index is 12.0. The minimum Gasteiger partial charge on any atom is -0.408 e. The van der Waals surface area contributed by atoms with Crippen molar-refractivity contribution in [1.82, 2.24) is 9.88 Å². The number of fused-ring (bicyclic) bond motifs is 1. The molecule has 1 atom stereocenters. The van der Waals surface area contributed by atoms with Crippen LogP contribution in [0.15, 0.2) is 27.4 Å². The Kier molecular flexibility index (Phi) is 3.75. The van der Waals surface area contributed by atoms with Crippen molar-refractivity contribution in [1.29, 1.82) is 0 Å². The van der Waals surface area contributed by atoms with Gasteiger partial charge in [-0.3, -0.25) is 4.57 Å². The first-order valence-corrected chi connectivity index (χ1v) is 8.45. The highest BCUT2D eigenvalue weighted by atomic mass is 32.2. The van der Waals surface area contributed by atoms with Crippen LogP contribution in [0.4, 0.5) is 0 Å². The molecule has 0 radical (unpaired) electrons. The summed E-state index contributed by atoms with van der Waals surface area (Å²) >= 11 is 0. The van der Waals surface area contributed by atoms with Gasteiger partial charge in [-0.1, -0.05) is 6.07 Å². The summed E-state index contributed by atoms with van der Waals surface area (Å²) in [6, 6.07) is 4.87. The van der Waals surface area contributed by atoms with Crippen LogP contribution in [0, 0.1) is 0 Å². The van der Waals surface area contributed by atoms with E-state index in [0.29, 0.717) is 11.1 Å². The van der Waals surface area contributed by atoms with Gasteiger partial charge >= 0.3 is 5.76 Å². The molecule has 0 bridgehead atoms. The zero-order chi connectivity index (χ0) is 16.0. The van der Waals surface area contributed by atoms with Crippen molar-refractivity contribution < 1.29 is 12.8 Å². The lowest BCUT2D eigenvalue weighted by atomic mass is 9.95. The van der Waals surface area contributed by atoms with E-state index in [4.69, 9.17) is 4.42 Å². The Hall–Kier alpha value is -1.60. The molecule has 21 heavy (non-hydrogen) atoms. The van der Waals surface area contributed by atoms with Crippen LogP contribution in [0.5, 0.6) is 0 Å². The molecule has 1 heterocycles. The van der Waals surface area contributed by atoms with Gasteiger partial charge < -0.3 is 9.73 Å². The summed E-state index contributed by atoms with van der Waals surface area (Å²) in [6.45, 7) is 3.35. The van der Waals surface area contributed by atoms with Gasteiger partial charge in [-0.2, -0.15) is 0 Å². The van der Waals surface area contributed by atoms with Crippen LogP contribution >= 0.6 is 0 Å². The molecule has 6 nitrogen and oxygen atoms in total. The minimum absolute atomic E-state index is 0.414. The number of rotatable bonds is 4. The molecule has 0 aliphatic rings. The molecule has 1 N–H and O–H groups in total. The van der Waals surface area contributed by atoms with E-state index >= 15 is 0 Å². The fourth-order valence-corrected chi connectivity index (χ4v) is 3.14. The Labute approximate surface area is 123 Å². The van der Waals surface area contributed by atoms with Crippen molar-refractivity contribution >= 4 is 20.9 Å². The SMILES string of the molecule is CNC(c1ccc2c(c1)oc(=O)n2C)C(C)(C)S(C)(=O)=O. The Bertz CT molecular complexity index is 830. The van der Waals surface area contributed by atoms with Gasteiger partial charge in [0.1, 0.15) is 0 Å². The highest BCUT2D eigenvalue weighted by Gasteiger charge is 2.39. The van der Waals surface area contributed by atoms with Crippen LogP contribution in [0.25, 0.3) is 11.1 Å². The summed E-state index contributed by atoms with van der Waals surface area (Å²) in [4.78, 5) is 11.5. The summed E-state index contributed by atoms with van der Waals surface area (Å²) in [5.74, 6) is -0.439. The Balaban J connectivity index is 2.61. The molecule has 1 aromatic heterocycles. The summed E-state index contributed by atoms with van der Waals surface area (Å²) < 4.78 is 29.6. The predicted octanol–water partition coefficient (Wildman–Crippen LogP) is 1.22. The van der Waals surface area contributed by atoms with E-state index in [1.54, 1.807) is 40.1 Å². The summed E-state index contributed by atoms with van der Waals surface area (Å²) in [7, 11) is 0.0620. The van der Waals surface area contributed by atoms with Gasteiger partial charge in [-0.25, -0.2) is 13.2 Å². The number of aromatic nitrogens is 1. The number of hydrogen-bond acceptors (Lipinski definition) is 5. The van der Waals surface area contributed by atoms with E-state index in [2.05, 4.69) is 5.32 Å². The lowest BCUT2D eigenvalue weighted by Gasteiger charge is -2.32. The number of benzene rings is 1. The van der Waals surface area contributed by atoms with Gasteiger partial charge in [-0.15, -0.1) is 0 Å². The fraction of sp³-hybridized carbons (Fsp3) is 0.500. The zero-order valence-corrected chi connectivity index (χ0v) is 13.6. The standard InChI is InChI=1S/C14H20N2O4S/c1-14(2,21(5,18)19)12(15-3)9-6-7-10-11(8-9)20-13(17)16(10)4/h6-8,12,15H,1-5H3. The van der Waals surface area contributed by atoms with E-state index in [9.17, 15) is 13.2 Å². The van der Waals surface area contributed by atoms with Gasteiger partial charge in [0.15, 0.2) is 15.4 Å². The molecule has 7 heteroatoms. The highest BCUT2D eigenvalue weighted by Crippen LogP contribution is 2.33. The molecule has 0 saturated carbocycles. The molecule has 0 amide bonds. The maximum Gasteiger partial charge on any atom is 0.419 e. The minimum atomic E-state index is -3.28. The smallest absolute Gasteiger partial charge is 0.408 e.